The number of benzene rings is 4. The number of ketones is 1. The predicted octanol–water partition coefficient (Wildman–Crippen LogP) is 6.93. The second-order valence-corrected chi connectivity index (χ2v) is 15.6. The molecule has 2 fully saturated rings. The van der Waals surface area contributed by atoms with Gasteiger partial charge in [0, 0.05) is 12.1 Å². The summed E-state index contributed by atoms with van der Waals surface area (Å²) in [6.07, 6.45) is 2.82. The number of rotatable bonds is 13. The van der Waals surface area contributed by atoms with E-state index in [0.29, 0.717) is 60.6 Å². The number of methoxy groups -OCH3 is 3. The fourth-order valence-corrected chi connectivity index (χ4v) is 8.59. The molecule has 6 aromatic rings. The van der Waals surface area contributed by atoms with Gasteiger partial charge in [-0.1, -0.05) is 109 Å². The van der Waals surface area contributed by atoms with E-state index in [4.69, 9.17) is 24.2 Å². The van der Waals surface area contributed by atoms with Crippen LogP contribution < -0.4 is 16.0 Å². The van der Waals surface area contributed by atoms with E-state index in [1.165, 1.54) is 21.3 Å². The van der Waals surface area contributed by atoms with Gasteiger partial charge in [0.15, 0.2) is 11.5 Å². The first-order valence-electron chi connectivity index (χ1n) is 21.0. The molecule has 4 atom stereocenters. The molecule has 8 rings (SSSR count). The van der Waals surface area contributed by atoms with E-state index >= 15 is 0 Å². The van der Waals surface area contributed by atoms with Crippen molar-refractivity contribution in [1.29, 1.82) is 0 Å². The summed E-state index contributed by atoms with van der Waals surface area (Å²) < 4.78 is 14.8. The number of carbonyl (C=O) groups is 5. The van der Waals surface area contributed by atoms with Crippen LogP contribution in [0.3, 0.4) is 0 Å². The third-order valence-electron chi connectivity index (χ3n) is 11.9. The zero-order valence-electron chi connectivity index (χ0n) is 35.6. The Balaban J connectivity index is 1.01. The quantitative estimate of drug-likeness (QED) is 0.0594. The van der Waals surface area contributed by atoms with E-state index < -0.39 is 35.8 Å². The molecule has 5 N–H and O–H groups in total. The lowest BCUT2D eigenvalue weighted by Crippen LogP contribution is -2.51. The molecule has 0 unspecified atom stereocenters. The first-order chi connectivity index (χ1) is 31.1. The lowest BCUT2D eigenvalue weighted by atomic mass is 9.84. The van der Waals surface area contributed by atoms with Crippen molar-refractivity contribution in [3.63, 3.8) is 0 Å². The molecule has 2 saturated heterocycles. The van der Waals surface area contributed by atoms with Crippen molar-refractivity contribution in [3.05, 3.63) is 144 Å². The molecule has 4 aromatic carbocycles. The van der Waals surface area contributed by atoms with Gasteiger partial charge in [-0.2, -0.15) is 0 Å². The van der Waals surface area contributed by atoms with E-state index in [1.807, 2.05) is 72.8 Å². The van der Waals surface area contributed by atoms with Crippen LogP contribution in [-0.2, 0) is 29.3 Å². The van der Waals surface area contributed by atoms with Crippen LogP contribution in [0.15, 0.2) is 115 Å². The van der Waals surface area contributed by atoms with Crippen LogP contribution >= 0.6 is 0 Å². The van der Waals surface area contributed by atoms with Crippen LogP contribution in [0.4, 0.5) is 9.59 Å². The summed E-state index contributed by atoms with van der Waals surface area (Å²) >= 11 is 0. The number of imidazole rings is 2. The number of ether oxygens (including phenoxy) is 3. The number of likely N-dealkylation sites (tertiary alicyclic amines) is 1. The number of hydrogen-bond donors (Lipinski definition) is 5. The first kappa shape index (κ1) is 43.1. The lowest BCUT2D eigenvalue weighted by Gasteiger charge is -2.30. The Morgan fingerprint density at radius 3 is 1.86 bits per heavy atom. The number of nitrogens with zero attached hydrogens (tertiary/aromatic N) is 3. The van der Waals surface area contributed by atoms with E-state index in [9.17, 15) is 24.0 Å². The van der Waals surface area contributed by atoms with Gasteiger partial charge in [-0.05, 0) is 60.0 Å². The lowest BCUT2D eigenvalue weighted by molar-refractivity contribution is -0.134. The number of amides is 3. The number of H-pyrrole nitrogens is 2. The largest absolute Gasteiger partial charge is 0.464 e. The molecule has 16 nitrogen and oxygen atoms in total. The molecule has 328 valence electrons. The average molecular weight is 865 g/mol. The standard InChI is InChI=1S/C48H48N8O8/c1-62-44(59)40-37(52-45(53-40)48(25-11-26-50-48)41(57)38(54-46(60)63-2)32-12-6-4-7-13-32)34-23-19-30(20-24-34)29-17-21-31(22-18-29)35-28-49-42(51-35)36-16-10-27-56(36)43(58)39(55-47(61)64-3)33-14-8-5-9-15-33/h4-9,12-15,17-24,28,36,38-39,50H,10-11,16,25-27H2,1-3H3,(H,49,51)(H,52,53)(H,54,60)(H,55,61)/t36-,38+,39+,48+/m0/s1. The Hall–Kier alpha value is -7.59. The molecule has 2 aromatic heterocycles. The van der Waals surface area contributed by atoms with Gasteiger partial charge in [0.2, 0.25) is 0 Å². The summed E-state index contributed by atoms with van der Waals surface area (Å²) in [5.74, 6) is -0.383. The van der Waals surface area contributed by atoms with Crippen LogP contribution in [0.1, 0.15) is 77.1 Å². The summed E-state index contributed by atoms with van der Waals surface area (Å²) in [5.41, 5.74) is 4.46. The minimum Gasteiger partial charge on any atom is -0.464 e. The maximum Gasteiger partial charge on any atom is 0.407 e. The maximum atomic E-state index is 14.6. The molecule has 0 spiro atoms. The van der Waals surface area contributed by atoms with Crippen LogP contribution in [0, 0.1) is 0 Å². The van der Waals surface area contributed by atoms with Crippen LogP contribution in [0.25, 0.3) is 33.6 Å². The maximum absolute atomic E-state index is 14.6. The van der Waals surface area contributed by atoms with Gasteiger partial charge in [-0.25, -0.2) is 24.4 Å². The van der Waals surface area contributed by atoms with Gasteiger partial charge in [-0.3, -0.25) is 14.9 Å². The minimum absolute atomic E-state index is 0.0190. The predicted molar refractivity (Wildman–Crippen MR) is 235 cm³/mol. The average Bonchev–Trinajstić information content (AvgIpc) is 4.20. The normalized spacial score (nSPS) is 17.9. The van der Waals surface area contributed by atoms with Crippen LogP contribution in [0.2, 0.25) is 0 Å². The van der Waals surface area contributed by atoms with Gasteiger partial charge in [0.25, 0.3) is 5.91 Å². The van der Waals surface area contributed by atoms with Gasteiger partial charge < -0.3 is 39.7 Å². The number of alkyl carbamates (subject to hydrolysis) is 2. The Morgan fingerprint density at radius 1 is 0.703 bits per heavy atom. The Kier molecular flexibility index (Phi) is 12.7. The number of carbonyl (C=O) groups excluding carboxylic acids is 5. The fourth-order valence-electron chi connectivity index (χ4n) is 8.59. The van der Waals surface area contributed by atoms with Crippen LogP contribution in [0.5, 0.6) is 0 Å². The van der Waals surface area contributed by atoms with E-state index in [0.717, 1.165) is 28.8 Å². The van der Waals surface area contributed by atoms with Crippen molar-refractivity contribution in [2.75, 3.05) is 34.4 Å². The molecule has 0 bridgehead atoms. The Labute approximate surface area is 369 Å². The van der Waals surface area contributed by atoms with Crippen molar-refractivity contribution in [2.24, 2.45) is 0 Å². The van der Waals surface area contributed by atoms with Crippen molar-refractivity contribution < 1.29 is 38.2 Å². The van der Waals surface area contributed by atoms with Gasteiger partial charge in [-0.15, -0.1) is 0 Å². The van der Waals surface area contributed by atoms with E-state index in [1.54, 1.807) is 47.5 Å². The van der Waals surface area contributed by atoms with Gasteiger partial charge in [0.1, 0.15) is 29.3 Å². The topological polar surface area (TPSA) is 210 Å². The SMILES string of the molecule is COC(=O)N[C@@H](C(=O)N1CCC[C@H]1c1ncc(-c2ccc(-c3ccc(-c4[nH]c([C@]5(C(=O)[C@H](NC(=O)OC)c6ccccc6)CCCN5)nc4C(=O)OC)cc3)cc2)[nH]1)c1ccccc1. The molecule has 2 aliphatic heterocycles. The molecule has 3 amide bonds. The van der Waals surface area contributed by atoms with Gasteiger partial charge >= 0.3 is 18.2 Å². The third kappa shape index (κ3) is 8.59. The second-order valence-electron chi connectivity index (χ2n) is 15.6. The van der Waals surface area contributed by atoms with E-state index in [2.05, 4.69) is 25.9 Å². The fraction of sp³-hybridized carbons (Fsp3) is 0.271. The molecule has 4 heterocycles. The number of esters is 1. The monoisotopic (exact) mass is 864 g/mol. The van der Waals surface area contributed by atoms with Crippen molar-refractivity contribution in [3.8, 4) is 33.6 Å². The highest BCUT2D eigenvalue weighted by molar-refractivity contribution is 5.98. The molecule has 0 saturated carbocycles. The smallest absolute Gasteiger partial charge is 0.407 e. The van der Waals surface area contributed by atoms with Crippen molar-refractivity contribution in [1.82, 2.24) is 40.8 Å². The second kappa shape index (κ2) is 18.8. The van der Waals surface area contributed by atoms with Gasteiger partial charge in [0.05, 0.1) is 45.0 Å². The number of hydrogen-bond acceptors (Lipinski definition) is 11. The molecular weight excluding hydrogens is 817 g/mol. The van der Waals surface area contributed by atoms with Crippen molar-refractivity contribution >= 4 is 29.8 Å². The highest BCUT2D eigenvalue weighted by Crippen LogP contribution is 2.38. The molecule has 16 heteroatoms. The summed E-state index contributed by atoms with van der Waals surface area (Å²) in [7, 11) is 3.78. The highest BCUT2D eigenvalue weighted by Gasteiger charge is 2.49. The third-order valence-corrected chi connectivity index (χ3v) is 11.9. The number of Topliss-reactive ketones (excluding diaryl/α,β-unsaturated/α-hetero) is 1. The number of aromatic amines is 2. The Morgan fingerprint density at radius 2 is 1.28 bits per heavy atom. The molecule has 0 aliphatic carbocycles. The molecule has 0 radical (unpaired) electrons. The molecular formula is C48H48N8O8. The highest BCUT2D eigenvalue weighted by atomic mass is 16.5. The number of aromatic nitrogens is 4. The van der Waals surface area contributed by atoms with Crippen LogP contribution in [-0.4, -0.2) is 89.1 Å². The zero-order chi connectivity index (χ0) is 44.8. The number of nitrogens with one attached hydrogen (secondary N) is 5. The van der Waals surface area contributed by atoms with Crippen molar-refractivity contribution in [2.45, 2.75) is 49.3 Å². The first-order valence-corrected chi connectivity index (χ1v) is 21.0. The molecule has 64 heavy (non-hydrogen) atoms. The minimum atomic E-state index is -1.36. The Bertz CT molecular complexity index is 2620. The summed E-state index contributed by atoms with van der Waals surface area (Å²) in [6, 6.07) is 31.3. The zero-order valence-corrected chi connectivity index (χ0v) is 35.6. The summed E-state index contributed by atoms with van der Waals surface area (Å²) in [5, 5.41) is 8.73. The summed E-state index contributed by atoms with van der Waals surface area (Å²) in [4.78, 5) is 84.4. The van der Waals surface area contributed by atoms with E-state index in [-0.39, 0.29) is 29.3 Å². The summed E-state index contributed by atoms with van der Waals surface area (Å²) in [6.45, 7) is 1.03. The molecule has 2 aliphatic rings.